The van der Waals surface area contributed by atoms with E-state index < -0.39 is 0 Å². The van der Waals surface area contributed by atoms with Crippen molar-refractivity contribution in [2.75, 3.05) is 5.73 Å². The topological polar surface area (TPSA) is 51.8 Å². The fraction of sp³-hybridized carbons (Fsp3) is 0. The quantitative estimate of drug-likeness (QED) is 0.772. The summed E-state index contributed by atoms with van der Waals surface area (Å²) in [4.78, 5) is 9.72. The first-order valence-corrected chi connectivity index (χ1v) is 6.92. The van der Waals surface area contributed by atoms with Gasteiger partial charge in [-0.3, -0.25) is 0 Å². The van der Waals surface area contributed by atoms with Crippen molar-refractivity contribution in [2.24, 2.45) is 0 Å². The van der Waals surface area contributed by atoms with Gasteiger partial charge in [-0.15, -0.1) is 11.3 Å². The fourth-order valence-electron chi connectivity index (χ4n) is 1.76. The molecule has 19 heavy (non-hydrogen) atoms. The van der Waals surface area contributed by atoms with Gasteiger partial charge in [0.15, 0.2) is 5.82 Å². The largest absolute Gasteiger partial charge is 0.384 e. The monoisotopic (exact) mass is 287 g/mol. The summed E-state index contributed by atoms with van der Waals surface area (Å²) in [7, 11) is 0. The zero-order valence-electron chi connectivity index (χ0n) is 9.88. The normalized spacial score (nSPS) is 10.6. The highest BCUT2D eigenvalue weighted by Crippen LogP contribution is 2.29. The van der Waals surface area contributed by atoms with E-state index in [0.717, 1.165) is 16.1 Å². The molecule has 2 N–H and O–H groups in total. The molecule has 0 aliphatic rings. The van der Waals surface area contributed by atoms with Crippen molar-refractivity contribution >= 4 is 28.8 Å². The van der Waals surface area contributed by atoms with E-state index in [1.165, 1.54) is 11.3 Å². The predicted octanol–water partition coefficient (Wildman–Crippen LogP) is 4.11. The molecule has 2 heterocycles. The van der Waals surface area contributed by atoms with E-state index in [2.05, 4.69) is 9.97 Å². The number of benzene rings is 1. The molecule has 0 spiro atoms. The van der Waals surface area contributed by atoms with E-state index in [1.54, 1.807) is 6.07 Å². The zero-order chi connectivity index (χ0) is 13.2. The molecular formula is C14H10ClN3S. The summed E-state index contributed by atoms with van der Waals surface area (Å²) in [6, 6.07) is 13.5. The molecule has 0 radical (unpaired) electrons. The number of nitrogen functional groups attached to an aromatic ring is 1. The van der Waals surface area contributed by atoms with Crippen molar-refractivity contribution in [1.82, 2.24) is 9.97 Å². The summed E-state index contributed by atoms with van der Waals surface area (Å²) in [5.41, 5.74) is 7.69. The van der Waals surface area contributed by atoms with Gasteiger partial charge in [0, 0.05) is 17.0 Å². The first-order chi connectivity index (χ1) is 9.22. The Balaban J connectivity index is 2.11. The average Bonchev–Trinajstić information content (AvgIpc) is 2.86. The van der Waals surface area contributed by atoms with Crippen LogP contribution in [0, 0.1) is 0 Å². The second kappa shape index (κ2) is 4.99. The molecule has 0 saturated carbocycles. The maximum absolute atomic E-state index is 5.93. The van der Waals surface area contributed by atoms with E-state index in [4.69, 9.17) is 17.3 Å². The number of hydrogen-bond donors (Lipinski definition) is 1. The first kappa shape index (κ1) is 12.1. The number of nitrogens with zero attached hydrogens (tertiary/aromatic N) is 2. The fourth-order valence-corrected chi connectivity index (χ4v) is 2.77. The van der Waals surface area contributed by atoms with Gasteiger partial charge in [0.2, 0.25) is 0 Å². The Hall–Kier alpha value is -1.91. The van der Waals surface area contributed by atoms with Crippen LogP contribution in [-0.4, -0.2) is 9.97 Å². The van der Waals surface area contributed by atoms with Crippen molar-refractivity contribution in [2.45, 2.75) is 0 Å². The molecule has 5 heteroatoms. The van der Waals surface area contributed by atoms with Crippen LogP contribution in [-0.2, 0) is 0 Å². The summed E-state index contributed by atoms with van der Waals surface area (Å²) >= 11 is 7.43. The molecule has 3 aromatic rings. The predicted molar refractivity (Wildman–Crippen MR) is 80.2 cm³/mol. The standard InChI is InChI=1S/C14H10ClN3S/c15-10-6-12(19-8-10)14-17-11(7-13(16)18-14)9-4-2-1-3-5-9/h1-8H,(H2,16,17,18). The third-order valence-corrected chi connectivity index (χ3v) is 3.88. The minimum absolute atomic E-state index is 0.452. The van der Waals surface area contributed by atoms with E-state index in [9.17, 15) is 0 Å². The van der Waals surface area contributed by atoms with Gasteiger partial charge in [-0.1, -0.05) is 41.9 Å². The van der Waals surface area contributed by atoms with Gasteiger partial charge in [-0.2, -0.15) is 0 Å². The lowest BCUT2D eigenvalue weighted by atomic mass is 10.1. The number of halogens is 1. The Bertz CT molecular complexity index is 710. The Morgan fingerprint density at radius 3 is 2.53 bits per heavy atom. The van der Waals surface area contributed by atoms with Crippen LogP contribution in [0.5, 0.6) is 0 Å². The molecule has 0 bridgehead atoms. The summed E-state index contributed by atoms with van der Waals surface area (Å²) < 4.78 is 0. The molecule has 0 aliphatic heterocycles. The molecule has 94 valence electrons. The number of hydrogen-bond acceptors (Lipinski definition) is 4. The van der Waals surface area contributed by atoms with Crippen LogP contribution >= 0.6 is 22.9 Å². The number of rotatable bonds is 2. The average molecular weight is 288 g/mol. The van der Waals surface area contributed by atoms with Crippen LogP contribution < -0.4 is 5.73 Å². The minimum Gasteiger partial charge on any atom is -0.384 e. The van der Waals surface area contributed by atoms with Crippen LogP contribution in [0.25, 0.3) is 22.0 Å². The van der Waals surface area contributed by atoms with Crippen molar-refractivity contribution in [1.29, 1.82) is 0 Å². The second-order valence-corrected chi connectivity index (χ2v) is 5.34. The van der Waals surface area contributed by atoms with E-state index in [0.29, 0.717) is 16.7 Å². The van der Waals surface area contributed by atoms with Crippen LogP contribution in [0.15, 0.2) is 47.8 Å². The summed E-state index contributed by atoms with van der Waals surface area (Å²) in [6.07, 6.45) is 0. The third-order valence-electron chi connectivity index (χ3n) is 2.60. The number of anilines is 1. The zero-order valence-corrected chi connectivity index (χ0v) is 11.4. The van der Waals surface area contributed by atoms with E-state index in [1.807, 2.05) is 41.8 Å². The van der Waals surface area contributed by atoms with Gasteiger partial charge in [0.1, 0.15) is 5.82 Å². The molecule has 0 amide bonds. The molecule has 3 nitrogen and oxygen atoms in total. The first-order valence-electron chi connectivity index (χ1n) is 5.67. The molecular weight excluding hydrogens is 278 g/mol. The summed E-state index contributed by atoms with van der Waals surface area (Å²) in [5, 5.41) is 2.54. The van der Waals surface area contributed by atoms with Gasteiger partial charge in [0.05, 0.1) is 15.6 Å². The summed E-state index contributed by atoms with van der Waals surface area (Å²) in [6.45, 7) is 0. The minimum atomic E-state index is 0.452. The Morgan fingerprint density at radius 2 is 1.84 bits per heavy atom. The Kier molecular flexibility index (Phi) is 3.19. The lowest BCUT2D eigenvalue weighted by Gasteiger charge is -2.04. The molecule has 2 aromatic heterocycles. The number of aromatic nitrogens is 2. The van der Waals surface area contributed by atoms with Gasteiger partial charge >= 0.3 is 0 Å². The van der Waals surface area contributed by atoms with Crippen LogP contribution in [0.4, 0.5) is 5.82 Å². The maximum atomic E-state index is 5.93. The molecule has 3 rings (SSSR count). The van der Waals surface area contributed by atoms with Crippen LogP contribution in [0.1, 0.15) is 0 Å². The highest BCUT2D eigenvalue weighted by Gasteiger charge is 2.09. The van der Waals surface area contributed by atoms with E-state index >= 15 is 0 Å². The van der Waals surface area contributed by atoms with Gasteiger partial charge in [0.25, 0.3) is 0 Å². The SMILES string of the molecule is Nc1cc(-c2ccccc2)nc(-c2cc(Cl)cs2)n1. The molecule has 1 aromatic carbocycles. The Labute approximate surface area is 119 Å². The van der Waals surface area contributed by atoms with Crippen LogP contribution in [0.3, 0.4) is 0 Å². The number of nitrogens with two attached hydrogens (primary N) is 1. The van der Waals surface area contributed by atoms with Crippen molar-refractivity contribution in [3.05, 3.63) is 52.9 Å². The van der Waals surface area contributed by atoms with Crippen molar-refractivity contribution in [3.63, 3.8) is 0 Å². The van der Waals surface area contributed by atoms with Crippen LogP contribution in [0.2, 0.25) is 5.02 Å². The van der Waals surface area contributed by atoms with Gasteiger partial charge in [-0.05, 0) is 6.07 Å². The smallest absolute Gasteiger partial charge is 0.172 e. The maximum Gasteiger partial charge on any atom is 0.172 e. The highest BCUT2D eigenvalue weighted by molar-refractivity contribution is 7.14. The third kappa shape index (κ3) is 2.59. The van der Waals surface area contributed by atoms with Crippen molar-refractivity contribution < 1.29 is 0 Å². The second-order valence-electron chi connectivity index (χ2n) is 4.00. The molecule has 0 aliphatic carbocycles. The van der Waals surface area contributed by atoms with E-state index in [-0.39, 0.29) is 0 Å². The van der Waals surface area contributed by atoms with Crippen molar-refractivity contribution in [3.8, 4) is 22.0 Å². The lowest BCUT2D eigenvalue weighted by Crippen LogP contribution is -1.96. The molecule has 0 saturated heterocycles. The Morgan fingerprint density at radius 1 is 1.05 bits per heavy atom. The number of thiophene rings is 1. The molecule has 0 unspecified atom stereocenters. The summed E-state index contributed by atoms with van der Waals surface area (Å²) in [5.74, 6) is 1.06. The van der Waals surface area contributed by atoms with Gasteiger partial charge < -0.3 is 5.73 Å². The van der Waals surface area contributed by atoms with Gasteiger partial charge in [-0.25, -0.2) is 9.97 Å². The molecule has 0 fully saturated rings. The highest BCUT2D eigenvalue weighted by atomic mass is 35.5. The lowest BCUT2D eigenvalue weighted by molar-refractivity contribution is 1.20. The molecule has 0 atom stereocenters.